The molecule has 0 aliphatic carbocycles. The third-order valence-corrected chi connectivity index (χ3v) is 12.7. The van der Waals surface area contributed by atoms with Gasteiger partial charge in [0.2, 0.25) is 23.6 Å². The van der Waals surface area contributed by atoms with Crippen LogP contribution in [0.15, 0.2) is 83.9 Å². The first-order chi connectivity index (χ1) is 38.3. The molecule has 4 rings (SSSR count). The molecule has 3 aromatic carbocycles. The van der Waals surface area contributed by atoms with Crippen molar-refractivity contribution in [1.29, 1.82) is 0 Å². The Bertz CT molecular complexity index is 2470. The highest BCUT2D eigenvalue weighted by atomic mass is 16.5. The largest absolute Gasteiger partial charge is 0.508 e. The topological polar surface area (TPSA) is 359 Å². The molecular weight excluding hydrogens is 1040 g/mol. The van der Waals surface area contributed by atoms with Gasteiger partial charge in [-0.25, -0.2) is 4.79 Å². The summed E-state index contributed by atoms with van der Waals surface area (Å²) >= 11 is 0. The number of hydrogen-bond acceptors (Lipinski definition) is 16. The van der Waals surface area contributed by atoms with E-state index in [2.05, 4.69) is 36.9 Å². The van der Waals surface area contributed by atoms with E-state index in [0.717, 1.165) is 0 Å². The summed E-state index contributed by atoms with van der Waals surface area (Å²) in [6.45, 7) is 5.80. The molecule has 0 radical (unpaired) electrons. The summed E-state index contributed by atoms with van der Waals surface area (Å²) in [5.74, 6) is -5.13. The number of hydrogen-bond donors (Lipinski definition) is 11. The van der Waals surface area contributed by atoms with Gasteiger partial charge in [-0.2, -0.15) is 0 Å². The second-order valence-corrected chi connectivity index (χ2v) is 19.1. The van der Waals surface area contributed by atoms with E-state index in [1.807, 2.05) is 11.0 Å². The highest BCUT2D eigenvalue weighted by Crippen LogP contribution is 2.29. The number of aromatic hydroxyl groups is 1. The van der Waals surface area contributed by atoms with Gasteiger partial charge in [-0.3, -0.25) is 63.5 Å². The molecule has 1 aliphatic heterocycles. The fraction of sp³-hybridized carbons (Fsp3) is 0.500. The Hall–Kier alpha value is -7.91. The molecular formula is C54H78N12O14. The lowest BCUT2D eigenvalue weighted by molar-refractivity contribution is -0.140. The third-order valence-electron chi connectivity index (χ3n) is 12.7. The van der Waals surface area contributed by atoms with Crippen LogP contribution >= 0.6 is 0 Å². The zero-order valence-electron chi connectivity index (χ0n) is 45.5. The number of nitrogens with two attached hydrogens (primary N) is 1. The lowest BCUT2D eigenvalue weighted by atomic mass is 9.87. The van der Waals surface area contributed by atoms with Crippen LogP contribution in [0.5, 0.6) is 11.5 Å². The number of phenols is 1. The van der Waals surface area contributed by atoms with Crippen LogP contribution < -0.4 is 42.4 Å². The minimum atomic E-state index is -1.49. The number of amides is 6. The van der Waals surface area contributed by atoms with Crippen LogP contribution in [-0.2, 0) is 44.8 Å². The van der Waals surface area contributed by atoms with E-state index < -0.39 is 47.2 Å². The summed E-state index contributed by atoms with van der Waals surface area (Å²) in [6.07, 6.45) is 0.684. The number of rotatable bonds is 30. The number of phenolic OH excluding ortho intramolecular Hbond substituents is 1. The molecule has 0 aromatic heterocycles. The molecule has 0 unspecified atom stereocenters. The predicted octanol–water partition coefficient (Wildman–Crippen LogP) is -0.377. The molecule has 26 nitrogen and oxygen atoms in total. The second-order valence-electron chi connectivity index (χ2n) is 19.1. The maximum Gasteiger partial charge on any atom is 0.321 e. The summed E-state index contributed by atoms with van der Waals surface area (Å²) in [5.41, 5.74) is 6.40. The maximum absolute atomic E-state index is 14.6. The van der Waals surface area contributed by atoms with Crippen molar-refractivity contribution < 1.29 is 68.3 Å². The summed E-state index contributed by atoms with van der Waals surface area (Å²) in [6, 6.07) is 21.7. The quantitative estimate of drug-likeness (QED) is 0.0230. The normalized spacial score (nSPS) is 15.3. The molecule has 1 saturated heterocycles. The van der Waals surface area contributed by atoms with Gasteiger partial charge in [0, 0.05) is 91.5 Å². The van der Waals surface area contributed by atoms with Gasteiger partial charge in [-0.05, 0) is 60.7 Å². The first-order valence-corrected chi connectivity index (χ1v) is 26.5. The van der Waals surface area contributed by atoms with Gasteiger partial charge in [0.05, 0.1) is 45.3 Å². The van der Waals surface area contributed by atoms with Gasteiger partial charge in [0.15, 0.2) is 5.96 Å². The second kappa shape index (κ2) is 34.9. The molecule has 26 heteroatoms. The van der Waals surface area contributed by atoms with Gasteiger partial charge in [0.25, 0.3) is 0 Å². The number of aliphatic carboxylic acids is 3. The molecule has 0 spiro atoms. The van der Waals surface area contributed by atoms with Crippen molar-refractivity contribution in [3.05, 3.63) is 95.6 Å². The zero-order chi connectivity index (χ0) is 58.3. The van der Waals surface area contributed by atoms with Crippen molar-refractivity contribution >= 4 is 53.5 Å². The van der Waals surface area contributed by atoms with E-state index >= 15 is 0 Å². The fourth-order valence-corrected chi connectivity index (χ4v) is 8.45. The minimum Gasteiger partial charge on any atom is -0.508 e. The van der Waals surface area contributed by atoms with Crippen molar-refractivity contribution in [2.75, 3.05) is 125 Å². The SMILES string of the molecule is CCC(=O)NCCNC(=O)NC(N)=NCCC[C@](C)(NC(=O)[C@@H](c1ccccc1)c1cccc(OCCOCCNC(=O)CN2CCN(CC(=O)O)CCN(CC(=O)O)CCN(CC(=O)O)CC2)c1)C(=O)NCc1ccc(O)cc1. The lowest BCUT2D eigenvalue weighted by Gasteiger charge is -2.32. The molecule has 80 heavy (non-hydrogen) atoms. The molecule has 0 saturated carbocycles. The third kappa shape index (κ3) is 25.3. The number of aliphatic imine (C=N–C) groups is 1. The number of carbonyl (C=O) groups is 8. The molecule has 1 aliphatic rings. The van der Waals surface area contributed by atoms with Crippen molar-refractivity contribution in [2.24, 2.45) is 10.7 Å². The number of carbonyl (C=O) groups excluding carboxylic acids is 5. The van der Waals surface area contributed by atoms with E-state index in [9.17, 15) is 58.8 Å². The Morgan fingerprint density at radius 1 is 0.650 bits per heavy atom. The van der Waals surface area contributed by atoms with Gasteiger partial charge in [0.1, 0.15) is 23.6 Å². The highest BCUT2D eigenvalue weighted by molar-refractivity contribution is 5.96. The van der Waals surface area contributed by atoms with E-state index in [4.69, 9.17) is 15.2 Å². The van der Waals surface area contributed by atoms with E-state index in [1.165, 1.54) is 12.1 Å². The smallest absolute Gasteiger partial charge is 0.321 e. The van der Waals surface area contributed by atoms with E-state index in [0.29, 0.717) is 42.0 Å². The molecule has 0 bridgehead atoms. The minimum absolute atomic E-state index is 0.0437. The van der Waals surface area contributed by atoms with Crippen LogP contribution in [0.1, 0.15) is 55.7 Å². The summed E-state index contributed by atoms with van der Waals surface area (Å²) in [4.78, 5) is 111. The first kappa shape index (κ1) is 64.6. The van der Waals surface area contributed by atoms with Gasteiger partial charge in [-0.15, -0.1) is 0 Å². The number of urea groups is 1. The molecule has 6 amide bonds. The van der Waals surface area contributed by atoms with Crippen molar-refractivity contribution in [2.45, 2.75) is 51.1 Å². The number of ether oxygens (including phenoxy) is 2. The zero-order valence-corrected chi connectivity index (χ0v) is 45.5. The standard InChI is InChI=1S/C54H78N12O14/c1-3-44(68)56-19-20-59-53(78)61-52(55)58-18-8-17-54(2,51(77)60-34-39-13-15-42(67)16-14-39)62-50(76)49(40-9-5-4-6-10-40)41-11-7-12-43(33-41)80-32-31-79-30-21-57-45(69)35-63-22-24-64(36-46(70)71)26-28-66(38-48(74)75)29-27-65(25-23-63)37-47(72)73/h4-7,9-16,33,49,67H,3,8,17-32,34-38H2,1-2H3,(H,56,68)(H,57,69)(H,60,77)(H,62,76)(H,70,71)(H,72,73)(H,74,75)(H4,55,58,59,61,78)/t49-,54-/m0/s1. The molecule has 1 fully saturated rings. The maximum atomic E-state index is 14.6. The fourth-order valence-electron chi connectivity index (χ4n) is 8.45. The number of carboxylic acid groups (broad SMARTS) is 3. The average Bonchev–Trinajstić information content (AvgIpc) is 3.46. The first-order valence-electron chi connectivity index (χ1n) is 26.5. The molecule has 12 N–H and O–H groups in total. The van der Waals surface area contributed by atoms with Crippen molar-refractivity contribution in [3.8, 4) is 11.5 Å². The predicted molar refractivity (Wildman–Crippen MR) is 295 cm³/mol. The highest BCUT2D eigenvalue weighted by Gasteiger charge is 2.37. The molecule has 3 aromatic rings. The summed E-state index contributed by atoms with van der Waals surface area (Å²) in [5, 5.41) is 54.6. The van der Waals surface area contributed by atoms with Crippen molar-refractivity contribution in [3.63, 3.8) is 0 Å². The van der Waals surface area contributed by atoms with Crippen LogP contribution in [0.3, 0.4) is 0 Å². The van der Waals surface area contributed by atoms with Gasteiger partial charge in [-0.1, -0.05) is 61.5 Å². The summed E-state index contributed by atoms with van der Waals surface area (Å²) < 4.78 is 11.8. The van der Waals surface area contributed by atoms with E-state index in [-0.39, 0.29) is 154 Å². The van der Waals surface area contributed by atoms with Gasteiger partial charge < -0.3 is 62.2 Å². The Labute approximate surface area is 465 Å². The average molecular weight is 1120 g/mol. The number of benzene rings is 3. The number of nitrogens with zero attached hydrogens (tertiary/aromatic N) is 5. The van der Waals surface area contributed by atoms with Crippen LogP contribution in [0.4, 0.5) is 4.79 Å². The Kier molecular flexibility index (Phi) is 28.2. The Morgan fingerprint density at radius 3 is 1.77 bits per heavy atom. The van der Waals surface area contributed by atoms with E-state index in [1.54, 1.807) is 89.2 Å². The number of guanidine groups is 1. The summed E-state index contributed by atoms with van der Waals surface area (Å²) in [7, 11) is 0. The van der Waals surface area contributed by atoms with Crippen LogP contribution in [0.25, 0.3) is 0 Å². The molecule has 1 heterocycles. The number of carboxylic acids is 3. The lowest BCUT2D eigenvalue weighted by Crippen LogP contribution is -2.57. The van der Waals surface area contributed by atoms with Gasteiger partial charge >= 0.3 is 23.9 Å². The monoisotopic (exact) mass is 1120 g/mol. The Balaban J connectivity index is 1.35. The number of nitrogens with one attached hydrogen (secondary N) is 6. The van der Waals surface area contributed by atoms with Crippen LogP contribution in [-0.4, -0.2) is 224 Å². The van der Waals surface area contributed by atoms with Crippen LogP contribution in [0.2, 0.25) is 0 Å². The van der Waals surface area contributed by atoms with Crippen LogP contribution in [0, 0.1) is 0 Å². The molecule has 2 atom stereocenters. The van der Waals surface area contributed by atoms with Crippen molar-refractivity contribution in [1.82, 2.24) is 51.5 Å². The molecule has 438 valence electrons. The Morgan fingerprint density at radius 2 is 1.20 bits per heavy atom.